The minimum atomic E-state index is -0.764. The van der Waals surface area contributed by atoms with Gasteiger partial charge in [0.15, 0.2) is 0 Å². The SMILES string of the molecule is CC1(C(=O)O)CCN(CC(O)COCc2ccccc2)C1. The molecule has 0 saturated carbocycles. The highest BCUT2D eigenvalue weighted by Gasteiger charge is 2.40. The number of carboxylic acids is 1. The van der Waals surface area contributed by atoms with Crippen molar-refractivity contribution in [3.8, 4) is 0 Å². The van der Waals surface area contributed by atoms with Crippen molar-refractivity contribution in [2.24, 2.45) is 5.41 Å². The molecule has 5 nitrogen and oxygen atoms in total. The van der Waals surface area contributed by atoms with Crippen molar-refractivity contribution in [3.63, 3.8) is 0 Å². The lowest BCUT2D eigenvalue weighted by Crippen LogP contribution is -2.36. The van der Waals surface area contributed by atoms with Crippen LogP contribution in [0, 0.1) is 5.41 Å². The molecule has 21 heavy (non-hydrogen) atoms. The number of carboxylic acid groups (broad SMARTS) is 1. The number of carbonyl (C=O) groups is 1. The van der Waals surface area contributed by atoms with E-state index in [1.807, 2.05) is 35.2 Å². The summed E-state index contributed by atoms with van der Waals surface area (Å²) < 4.78 is 5.50. The molecule has 1 aromatic rings. The second-order valence-electron chi connectivity index (χ2n) is 6.01. The number of aliphatic hydroxyl groups is 1. The van der Waals surface area contributed by atoms with E-state index < -0.39 is 17.5 Å². The number of hydrogen-bond donors (Lipinski definition) is 2. The van der Waals surface area contributed by atoms with Crippen LogP contribution in [0.5, 0.6) is 0 Å². The van der Waals surface area contributed by atoms with Gasteiger partial charge in [-0.05, 0) is 25.5 Å². The summed E-state index contributed by atoms with van der Waals surface area (Å²) in [6, 6.07) is 9.81. The minimum absolute atomic E-state index is 0.259. The number of benzene rings is 1. The molecule has 0 radical (unpaired) electrons. The van der Waals surface area contributed by atoms with Crippen molar-refractivity contribution >= 4 is 5.97 Å². The molecule has 116 valence electrons. The van der Waals surface area contributed by atoms with Crippen molar-refractivity contribution in [2.45, 2.75) is 26.1 Å². The fraction of sp³-hybridized carbons (Fsp3) is 0.562. The maximum atomic E-state index is 11.2. The van der Waals surface area contributed by atoms with Gasteiger partial charge in [-0.25, -0.2) is 0 Å². The molecular formula is C16H23NO4. The molecule has 2 unspecified atom stereocenters. The predicted octanol–water partition coefficient (Wildman–Crippen LogP) is 1.36. The summed E-state index contributed by atoms with van der Waals surface area (Å²) in [6.07, 6.45) is 0.0322. The molecule has 1 aromatic carbocycles. The van der Waals surface area contributed by atoms with Crippen molar-refractivity contribution < 1.29 is 19.7 Å². The molecule has 1 aliphatic rings. The van der Waals surface area contributed by atoms with Crippen molar-refractivity contribution in [1.82, 2.24) is 4.90 Å². The molecule has 5 heteroatoms. The van der Waals surface area contributed by atoms with E-state index in [1.54, 1.807) is 6.92 Å². The number of likely N-dealkylation sites (tertiary alicyclic amines) is 1. The highest BCUT2D eigenvalue weighted by atomic mass is 16.5. The van der Waals surface area contributed by atoms with E-state index in [9.17, 15) is 15.0 Å². The van der Waals surface area contributed by atoms with E-state index in [0.29, 0.717) is 32.7 Å². The number of rotatable bonds is 7. The van der Waals surface area contributed by atoms with Crippen LogP contribution in [0.3, 0.4) is 0 Å². The molecule has 1 aliphatic heterocycles. The number of aliphatic hydroxyl groups excluding tert-OH is 1. The third kappa shape index (κ3) is 4.52. The number of β-amino-alcohol motifs (C(OH)–C–C–N with tert-alkyl or cyclic N) is 1. The molecule has 2 rings (SSSR count). The quantitative estimate of drug-likeness (QED) is 0.794. The second kappa shape index (κ2) is 7.02. The summed E-state index contributed by atoms with van der Waals surface area (Å²) in [6.45, 7) is 4.14. The zero-order chi connectivity index (χ0) is 15.3. The Morgan fingerprint density at radius 2 is 2.14 bits per heavy atom. The molecule has 1 saturated heterocycles. The summed E-state index contributed by atoms with van der Waals surface area (Å²) in [4.78, 5) is 13.2. The number of aliphatic carboxylic acids is 1. The third-order valence-corrected chi connectivity index (χ3v) is 3.96. The lowest BCUT2D eigenvalue weighted by Gasteiger charge is -2.22. The zero-order valence-corrected chi connectivity index (χ0v) is 12.4. The average molecular weight is 293 g/mol. The van der Waals surface area contributed by atoms with Crippen LogP contribution in [0.2, 0.25) is 0 Å². The summed E-state index contributed by atoms with van der Waals surface area (Å²) in [5, 5.41) is 19.2. The Labute approximate surface area is 125 Å². The van der Waals surface area contributed by atoms with Gasteiger partial charge in [0, 0.05) is 13.1 Å². The Kier molecular flexibility index (Phi) is 5.33. The Bertz CT molecular complexity index is 465. The van der Waals surface area contributed by atoms with E-state index in [-0.39, 0.29) is 6.61 Å². The minimum Gasteiger partial charge on any atom is -0.481 e. The number of ether oxygens (including phenoxy) is 1. The standard InChI is InChI=1S/C16H23NO4/c1-16(15(19)20)7-8-17(12-16)9-14(18)11-21-10-13-5-3-2-4-6-13/h2-6,14,18H,7-12H2,1H3,(H,19,20). The maximum Gasteiger partial charge on any atom is 0.310 e. The van der Waals surface area contributed by atoms with Gasteiger partial charge in [-0.2, -0.15) is 0 Å². The van der Waals surface area contributed by atoms with Crippen LogP contribution in [0.15, 0.2) is 30.3 Å². The lowest BCUT2D eigenvalue weighted by molar-refractivity contribution is -0.147. The summed E-state index contributed by atoms with van der Waals surface area (Å²) in [7, 11) is 0. The number of nitrogens with zero attached hydrogens (tertiary/aromatic N) is 1. The highest BCUT2D eigenvalue weighted by Crippen LogP contribution is 2.29. The van der Waals surface area contributed by atoms with Crippen molar-refractivity contribution in [1.29, 1.82) is 0 Å². The van der Waals surface area contributed by atoms with Crippen LogP contribution in [-0.2, 0) is 16.1 Å². The van der Waals surface area contributed by atoms with Crippen LogP contribution in [-0.4, -0.2) is 53.4 Å². The third-order valence-electron chi connectivity index (χ3n) is 3.96. The van der Waals surface area contributed by atoms with Crippen LogP contribution in [0.1, 0.15) is 18.9 Å². The van der Waals surface area contributed by atoms with Gasteiger partial charge in [0.05, 0.1) is 24.7 Å². The Morgan fingerprint density at radius 3 is 2.76 bits per heavy atom. The van der Waals surface area contributed by atoms with Gasteiger partial charge in [0.1, 0.15) is 0 Å². The lowest BCUT2D eigenvalue weighted by atomic mass is 9.90. The van der Waals surface area contributed by atoms with Crippen molar-refractivity contribution in [3.05, 3.63) is 35.9 Å². The van der Waals surface area contributed by atoms with Crippen LogP contribution in [0.4, 0.5) is 0 Å². The van der Waals surface area contributed by atoms with E-state index in [1.165, 1.54) is 0 Å². The first-order valence-corrected chi connectivity index (χ1v) is 7.25. The molecule has 0 aromatic heterocycles. The first-order valence-electron chi connectivity index (χ1n) is 7.25. The monoisotopic (exact) mass is 293 g/mol. The van der Waals surface area contributed by atoms with Crippen molar-refractivity contribution in [2.75, 3.05) is 26.2 Å². The molecule has 1 heterocycles. The molecule has 1 fully saturated rings. The van der Waals surface area contributed by atoms with Gasteiger partial charge < -0.3 is 14.9 Å². The summed E-state index contributed by atoms with van der Waals surface area (Å²) in [5.41, 5.74) is 0.384. The Morgan fingerprint density at radius 1 is 1.43 bits per heavy atom. The van der Waals surface area contributed by atoms with Gasteiger partial charge in [0.2, 0.25) is 0 Å². The predicted molar refractivity (Wildman–Crippen MR) is 78.9 cm³/mol. The van der Waals surface area contributed by atoms with Gasteiger partial charge >= 0.3 is 5.97 Å². The topological polar surface area (TPSA) is 70.0 Å². The van der Waals surface area contributed by atoms with E-state index in [0.717, 1.165) is 5.56 Å². The maximum absolute atomic E-state index is 11.2. The largest absolute Gasteiger partial charge is 0.481 e. The fourth-order valence-electron chi connectivity index (χ4n) is 2.62. The zero-order valence-electron chi connectivity index (χ0n) is 12.4. The fourth-order valence-corrected chi connectivity index (χ4v) is 2.62. The molecule has 2 atom stereocenters. The van der Waals surface area contributed by atoms with E-state index in [2.05, 4.69) is 0 Å². The first kappa shape index (κ1) is 15.9. The van der Waals surface area contributed by atoms with Gasteiger partial charge in [-0.15, -0.1) is 0 Å². The van der Waals surface area contributed by atoms with E-state index >= 15 is 0 Å². The van der Waals surface area contributed by atoms with Gasteiger partial charge in [-0.1, -0.05) is 30.3 Å². The molecule has 0 spiro atoms. The molecular weight excluding hydrogens is 270 g/mol. The average Bonchev–Trinajstić information content (AvgIpc) is 2.83. The Balaban J connectivity index is 1.68. The Hall–Kier alpha value is -1.43. The molecule has 2 N–H and O–H groups in total. The normalized spacial score (nSPS) is 24.1. The van der Waals surface area contributed by atoms with Crippen LogP contribution >= 0.6 is 0 Å². The highest BCUT2D eigenvalue weighted by molar-refractivity contribution is 5.74. The van der Waals surface area contributed by atoms with E-state index in [4.69, 9.17) is 4.74 Å². The molecule has 0 bridgehead atoms. The first-order chi connectivity index (χ1) is 9.99. The smallest absolute Gasteiger partial charge is 0.310 e. The van der Waals surface area contributed by atoms with Crippen LogP contribution < -0.4 is 0 Å². The van der Waals surface area contributed by atoms with Gasteiger partial charge in [0.25, 0.3) is 0 Å². The molecule has 0 amide bonds. The number of hydrogen-bond acceptors (Lipinski definition) is 4. The van der Waals surface area contributed by atoms with Crippen LogP contribution in [0.25, 0.3) is 0 Å². The van der Waals surface area contributed by atoms with Gasteiger partial charge in [-0.3, -0.25) is 9.69 Å². The summed E-state index contributed by atoms with van der Waals surface area (Å²) >= 11 is 0. The second-order valence-corrected chi connectivity index (χ2v) is 6.01. The summed E-state index contributed by atoms with van der Waals surface area (Å²) in [5.74, 6) is -0.764. The molecule has 0 aliphatic carbocycles.